The van der Waals surface area contributed by atoms with E-state index in [4.69, 9.17) is 17.3 Å². The van der Waals surface area contributed by atoms with Gasteiger partial charge < -0.3 is 10.6 Å². The molecule has 1 aromatic rings. The summed E-state index contributed by atoms with van der Waals surface area (Å²) in [4.78, 5) is 14.1. The van der Waals surface area contributed by atoms with Crippen molar-refractivity contribution in [2.24, 2.45) is 11.7 Å². The molecule has 1 aromatic carbocycles. The Balaban J connectivity index is 0.00000180. The van der Waals surface area contributed by atoms with Crippen LogP contribution in [-0.4, -0.2) is 29.9 Å². The van der Waals surface area contributed by atoms with E-state index in [1.807, 2.05) is 11.8 Å². The first-order valence-corrected chi connectivity index (χ1v) is 6.76. The summed E-state index contributed by atoms with van der Waals surface area (Å²) in [6, 6.07) is 7.29. The molecule has 0 aliphatic carbocycles. The van der Waals surface area contributed by atoms with Gasteiger partial charge in [-0.3, -0.25) is 4.79 Å². The summed E-state index contributed by atoms with van der Waals surface area (Å²) in [5.74, 6) is 0.633. The van der Waals surface area contributed by atoms with Crippen molar-refractivity contribution in [2.75, 3.05) is 13.1 Å². The second kappa shape index (κ2) is 7.13. The lowest BCUT2D eigenvalue weighted by Crippen LogP contribution is -2.42. The minimum atomic E-state index is 0. The van der Waals surface area contributed by atoms with Crippen LogP contribution < -0.4 is 5.73 Å². The molecule has 0 bridgehead atoms. The number of carbonyl (C=O) groups is 1. The molecule has 3 nitrogen and oxygen atoms in total. The molecule has 1 aliphatic heterocycles. The van der Waals surface area contributed by atoms with Crippen LogP contribution >= 0.6 is 24.0 Å². The van der Waals surface area contributed by atoms with Gasteiger partial charge in [-0.2, -0.15) is 0 Å². The Morgan fingerprint density at radius 2 is 1.84 bits per heavy atom. The maximum atomic E-state index is 12.2. The highest BCUT2D eigenvalue weighted by Crippen LogP contribution is 2.21. The van der Waals surface area contributed by atoms with E-state index < -0.39 is 0 Å². The Bertz CT molecular complexity index is 412. The molecule has 5 heteroatoms. The number of piperidine rings is 1. The SMILES string of the molecule is CC(N)C1CCN(C(=O)c2ccc(Cl)cc2)CC1.Cl. The highest BCUT2D eigenvalue weighted by atomic mass is 35.5. The lowest BCUT2D eigenvalue weighted by Gasteiger charge is -2.33. The Morgan fingerprint density at radius 3 is 2.32 bits per heavy atom. The van der Waals surface area contributed by atoms with Crippen LogP contribution in [0.15, 0.2) is 24.3 Å². The number of carbonyl (C=O) groups excluding carboxylic acids is 1. The number of likely N-dealkylation sites (tertiary alicyclic amines) is 1. The van der Waals surface area contributed by atoms with Crippen molar-refractivity contribution in [3.63, 3.8) is 0 Å². The number of hydrogen-bond acceptors (Lipinski definition) is 2. The number of rotatable bonds is 2. The van der Waals surface area contributed by atoms with E-state index in [2.05, 4.69) is 0 Å². The van der Waals surface area contributed by atoms with Crippen molar-refractivity contribution in [1.29, 1.82) is 0 Å². The molecule has 1 amide bonds. The molecule has 0 radical (unpaired) electrons. The second-order valence-electron chi connectivity index (χ2n) is 5.00. The quantitative estimate of drug-likeness (QED) is 0.913. The first-order chi connectivity index (χ1) is 8.58. The van der Waals surface area contributed by atoms with Gasteiger partial charge in [-0.15, -0.1) is 12.4 Å². The van der Waals surface area contributed by atoms with E-state index in [1.54, 1.807) is 24.3 Å². The summed E-state index contributed by atoms with van der Waals surface area (Å²) in [6.07, 6.45) is 1.99. The molecule has 1 fully saturated rings. The van der Waals surface area contributed by atoms with Crippen LogP contribution in [0.5, 0.6) is 0 Å². The minimum absolute atomic E-state index is 0. The predicted octanol–water partition coefficient (Wildman–Crippen LogP) is 2.96. The summed E-state index contributed by atoms with van der Waals surface area (Å²) in [6.45, 7) is 3.64. The molecule has 0 spiro atoms. The monoisotopic (exact) mass is 302 g/mol. The van der Waals surface area contributed by atoms with Crippen LogP contribution in [0, 0.1) is 5.92 Å². The fourth-order valence-electron chi connectivity index (χ4n) is 2.40. The van der Waals surface area contributed by atoms with Gasteiger partial charge in [0.05, 0.1) is 0 Å². The van der Waals surface area contributed by atoms with Gasteiger partial charge in [-0.05, 0) is 49.9 Å². The van der Waals surface area contributed by atoms with E-state index >= 15 is 0 Å². The summed E-state index contributed by atoms with van der Waals surface area (Å²) in [5.41, 5.74) is 6.61. The molecule has 1 atom stereocenters. The molecule has 1 saturated heterocycles. The van der Waals surface area contributed by atoms with Crippen molar-refractivity contribution in [3.8, 4) is 0 Å². The Labute approximate surface area is 125 Å². The number of benzene rings is 1. The van der Waals surface area contributed by atoms with Crippen LogP contribution in [0.3, 0.4) is 0 Å². The van der Waals surface area contributed by atoms with Gasteiger partial charge in [-0.1, -0.05) is 11.6 Å². The smallest absolute Gasteiger partial charge is 0.253 e. The number of hydrogen-bond donors (Lipinski definition) is 1. The van der Waals surface area contributed by atoms with Gasteiger partial charge in [0.2, 0.25) is 0 Å². The molecule has 2 rings (SSSR count). The van der Waals surface area contributed by atoms with Crippen molar-refractivity contribution in [2.45, 2.75) is 25.8 Å². The maximum Gasteiger partial charge on any atom is 0.253 e. The van der Waals surface area contributed by atoms with E-state index in [-0.39, 0.29) is 24.4 Å². The highest BCUT2D eigenvalue weighted by Gasteiger charge is 2.25. The zero-order chi connectivity index (χ0) is 13.1. The maximum absolute atomic E-state index is 12.2. The van der Waals surface area contributed by atoms with E-state index in [9.17, 15) is 4.79 Å². The van der Waals surface area contributed by atoms with E-state index in [1.165, 1.54) is 0 Å². The normalized spacial score (nSPS) is 17.7. The third-order valence-corrected chi connectivity index (χ3v) is 3.91. The highest BCUT2D eigenvalue weighted by molar-refractivity contribution is 6.30. The predicted molar refractivity (Wildman–Crippen MR) is 81.0 cm³/mol. The average molecular weight is 303 g/mol. The zero-order valence-electron chi connectivity index (χ0n) is 11.0. The van der Waals surface area contributed by atoms with Gasteiger partial charge in [0.15, 0.2) is 0 Å². The molecule has 0 aromatic heterocycles. The molecule has 1 aliphatic rings. The van der Waals surface area contributed by atoms with Gasteiger partial charge >= 0.3 is 0 Å². The fraction of sp³-hybridized carbons (Fsp3) is 0.500. The molecule has 1 unspecified atom stereocenters. The summed E-state index contributed by atoms with van der Waals surface area (Å²) >= 11 is 5.82. The molecule has 0 saturated carbocycles. The summed E-state index contributed by atoms with van der Waals surface area (Å²) in [5, 5.41) is 0.655. The van der Waals surface area contributed by atoms with Crippen molar-refractivity contribution >= 4 is 29.9 Å². The van der Waals surface area contributed by atoms with E-state index in [0.717, 1.165) is 25.9 Å². The van der Waals surface area contributed by atoms with E-state index in [0.29, 0.717) is 16.5 Å². The van der Waals surface area contributed by atoms with Crippen LogP contribution in [0.2, 0.25) is 5.02 Å². The molecule has 19 heavy (non-hydrogen) atoms. The Hall–Kier alpha value is -0.770. The first kappa shape index (κ1) is 16.3. The van der Waals surface area contributed by atoms with Crippen LogP contribution in [0.1, 0.15) is 30.1 Å². The molecule has 1 heterocycles. The van der Waals surface area contributed by atoms with Crippen LogP contribution in [-0.2, 0) is 0 Å². The summed E-state index contributed by atoms with van der Waals surface area (Å²) < 4.78 is 0. The van der Waals surface area contributed by atoms with Crippen molar-refractivity contribution in [3.05, 3.63) is 34.9 Å². The van der Waals surface area contributed by atoms with Gasteiger partial charge in [0.25, 0.3) is 5.91 Å². The molecule has 106 valence electrons. The van der Waals surface area contributed by atoms with Gasteiger partial charge in [0, 0.05) is 29.7 Å². The number of nitrogens with two attached hydrogens (primary N) is 1. The first-order valence-electron chi connectivity index (χ1n) is 6.38. The Morgan fingerprint density at radius 1 is 1.32 bits per heavy atom. The van der Waals surface area contributed by atoms with Crippen molar-refractivity contribution in [1.82, 2.24) is 4.90 Å². The largest absolute Gasteiger partial charge is 0.339 e. The zero-order valence-corrected chi connectivity index (χ0v) is 12.6. The fourth-order valence-corrected chi connectivity index (χ4v) is 2.53. The van der Waals surface area contributed by atoms with Gasteiger partial charge in [-0.25, -0.2) is 0 Å². The topological polar surface area (TPSA) is 46.3 Å². The number of amides is 1. The minimum Gasteiger partial charge on any atom is -0.339 e. The number of nitrogens with zero attached hydrogens (tertiary/aromatic N) is 1. The third kappa shape index (κ3) is 4.10. The second-order valence-corrected chi connectivity index (χ2v) is 5.43. The number of halogens is 2. The lowest BCUT2D eigenvalue weighted by atomic mass is 9.90. The third-order valence-electron chi connectivity index (χ3n) is 3.66. The average Bonchev–Trinajstić information content (AvgIpc) is 2.39. The molecular weight excluding hydrogens is 283 g/mol. The Kier molecular flexibility index (Phi) is 6.11. The van der Waals surface area contributed by atoms with Crippen LogP contribution in [0.25, 0.3) is 0 Å². The lowest BCUT2D eigenvalue weighted by molar-refractivity contribution is 0.0681. The van der Waals surface area contributed by atoms with Gasteiger partial charge in [0.1, 0.15) is 0 Å². The summed E-state index contributed by atoms with van der Waals surface area (Å²) in [7, 11) is 0. The standard InChI is InChI=1S/C14H19ClN2O.ClH/c1-10(16)11-6-8-17(9-7-11)14(18)12-2-4-13(15)5-3-12;/h2-5,10-11H,6-9,16H2,1H3;1H. The van der Waals surface area contributed by atoms with Crippen LogP contribution in [0.4, 0.5) is 0 Å². The van der Waals surface area contributed by atoms with Crippen molar-refractivity contribution < 1.29 is 4.79 Å². The molecule has 2 N–H and O–H groups in total. The molecular formula is C14H20Cl2N2O.